The molecule has 8 nitrogen and oxygen atoms in total. The van der Waals surface area contributed by atoms with Gasteiger partial charge in [0.1, 0.15) is 0 Å². The first-order valence-corrected chi connectivity index (χ1v) is 6.83. The molecule has 22 heavy (non-hydrogen) atoms. The number of urea groups is 1. The van der Waals surface area contributed by atoms with Gasteiger partial charge in [0, 0.05) is 25.8 Å². The Morgan fingerprint density at radius 1 is 1.18 bits per heavy atom. The van der Waals surface area contributed by atoms with Gasteiger partial charge in [-0.1, -0.05) is 17.3 Å². The number of aromatic nitrogens is 3. The molecule has 0 aliphatic carbocycles. The summed E-state index contributed by atoms with van der Waals surface area (Å²) in [6.45, 7) is 1.56. The number of nitrogens with zero attached hydrogens (tertiary/aromatic N) is 3. The molecule has 0 spiro atoms. The van der Waals surface area contributed by atoms with E-state index in [9.17, 15) is 9.59 Å². The Kier molecular flexibility index (Phi) is 5.47. The number of carbonyl (C=O) groups excluding carboxylic acids is 1. The second-order valence-corrected chi connectivity index (χ2v) is 4.63. The Bertz CT molecular complexity index is 610. The predicted molar refractivity (Wildman–Crippen MR) is 78.3 cm³/mol. The number of nitrogens with one attached hydrogen (secondary N) is 2. The van der Waals surface area contributed by atoms with E-state index in [2.05, 4.69) is 20.9 Å². The van der Waals surface area contributed by atoms with Gasteiger partial charge in [0.2, 0.25) is 0 Å². The van der Waals surface area contributed by atoms with E-state index in [0.29, 0.717) is 19.6 Å². The second-order valence-electron chi connectivity index (χ2n) is 4.63. The molecule has 8 heteroatoms. The van der Waals surface area contributed by atoms with E-state index in [4.69, 9.17) is 5.11 Å². The third kappa shape index (κ3) is 4.89. The van der Waals surface area contributed by atoms with Gasteiger partial charge in [-0.3, -0.25) is 4.68 Å². The van der Waals surface area contributed by atoms with E-state index in [-0.39, 0.29) is 11.6 Å². The summed E-state index contributed by atoms with van der Waals surface area (Å²) in [7, 11) is 0. The smallest absolute Gasteiger partial charge is 0.335 e. The first kappa shape index (κ1) is 15.5. The fourth-order valence-electron chi connectivity index (χ4n) is 1.80. The van der Waals surface area contributed by atoms with Crippen LogP contribution in [0.25, 0.3) is 0 Å². The molecule has 1 aromatic carbocycles. The topological polar surface area (TPSA) is 109 Å². The lowest BCUT2D eigenvalue weighted by molar-refractivity contribution is 0.0697. The fraction of sp³-hybridized carbons (Fsp3) is 0.286. The normalized spacial score (nSPS) is 10.2. The van der Waals surface area contributed by atoms with Crippen molar-refractivity contribution < 1.29 is 14.7 Å². The van der Waals surface area contributed by atoms with Crippen molar-refractivity contribution in [2.75, 3.05) is 6.54 Å². The predicted octanol–water partition coefficient (Wildman–Crippen LogP) is 0.866. The van der Waals surface area contributed by atoms with Gasteiger partial charge in [-0.05, 0) is 24.1 Å². The first-order valence-electron chi connectivity index (χ1n) is 6.83. The summed E-state index contributed by atoms with van der Waals surface area (Å²) in [6, 6.07) is 6.11. The van der Waals surface area contributed by atoms with E-state index in [1.807, 2.05) is 0 Å². The maximum Gasteiger partial charge on any atom is 0.335 e. The van der Waals surface area contributed by atoms with Crippen molar-refractivity contribution in [2.45, 2.75) is 19.5 Å². The molecular formula is C14H17N5O3. The highest BCUT2D eigenvalue weighted by atomic mass is 16.4. The summed E-state index contributed by atoms with van der Waals surface area (Å²) in [5.74, 6) is -0.968. The number of hydrogen-bond acceptors (Lipinski definition) is 4. The van der Waals surface area contributed by atoms with E-state index < -0.39 is 5.97 Å². The molecule has 2 amide bonds. The third-order valence-corrected chi connectivity index (χ3v) is 2.98. The van der Waals surface area contributed by atoms with Crippen LogP contribution in [0, 0.1) is 0 Å². The minimum atomic E-state index is -0.968. The van der Waals surface area contributed by atoms with Crippen LogP contribution in [-0.4, -0.2) is 38.6 Å². The highest BCUT2D eigenvalue weighted by Crippen LogP contribution is 2.04. The van der Waals surface area contributed by atoms with Crippen molar-refractivity contribution in [1.82, 2.24) is 25.6 Å². The van der Waals surface area contributed by atoms with Gasteiger partial charge in [-0.2, -0.15) is 0 Å². The van der Waals surface area contributed by atoms with Gasteiger partial charge in [-0.25, -0.2) is 9.59 Å². The lowest BCUT2D eigenvalue weighted by Gasteiger charge is -2.08. The Morgan fingerprint density at radius 2 is 1.95 bits per heavy atom. The van der Waals surface area contributed by atoms with Crippen molar-refractivity contribution in [3.8, 4) is 0 Å². The van der Waals surface area contributed by atoms with Crippen molar-refractivity contribution in [1.29, 1.82) is 0 Å². The first-order chi connectivity index (χ1) is 10.6. The molecular weight excluding hydrogens is 286 g/mol. The van der Waals surface area contributed by atoms with Gasteiger partial charge >= 0.3 is 12.0 Å². The fourth-order valence-corrected chi connectivity index (χ4v) is 1.80. The molecule has 0 unspecified atom stereocenters. The summed E-state index contributed by atoms with van der Waals surface area (Å²) in [5, 5.41) is 21.8. The van der Waals surface area contributed by atoms with Crippen LogP contribution in [0.4, 0.5) is 4.79 Å². The molecule has 2 rings (SSSR count). The van der Waals surface area contributed by atoms with Crippen molar-refractivity contribution >= 4 is 12.0 Å². The van der Waals surface area contributed by atoms with E-state index in [0.717, 1.165) is 12.0 Å². The molecule has 0 saturated heterocycles. The largest absolute Gasteiger partial charge is 0.478 e. The maximum atomic E-state index is 11.6. The minimum absolute atomic E-state index is 0.223. The van der Waals surface area contributed by atoms with Crippen LogP contribution in [0.1, 0.15) is 22.3 Å². The van der Waals surface area contributed by atoms with Crippen LogP contribution >= 0.6 is 0 Å². The molecule has 3 N–H and O–H groups in total. The lowest BCUT2D eigenvalue weighted by atomic mass is 10.1. The zero-order chi connectivity index (χ0) is 15.8. The van der Waals surface area contributed by atoms with Gasteiger partial charge in [0.05, 0.1) is 11.8 Å². The van der Waals surface area contributed by atoms with Crippen LogP contribution in [-0.2, 0) is 13.1 Å². The monoisotopic (exact) mass is 303 g/mol. The zero-order valence-electron chi connectivity index (χ0n) is 11.9. The average molecular weight is 303 g/mol. The van der Waals surface area contributed by atoms with Crippen molar-refractivity contribution in [2.24, 2.45) is 0 Å². The average Bonchev–Trinajstić information content (AvgIpc) is 3.03. The number of rotatable bonds is 7. The highest BCUT2D eigenvalue weighted by Gasteiger charge is 2.03. The van der Waals surface area contributed by atoms with Crippen molar-refractivity contribution in [3.05, 3.63) is 47.8 Å². The number of amides is 2. The molecule has 0 bridgehead atoms. The summed E-state index contributed by atoms with van der Waals surface area (Å²) in [4.78, 5) is 22.3. The maximum absolute atomic E-state index is 11.6. The second kappa shape index (κ2) is 7.77. The molecule has 0 aliphatic heterocycles. The Hall–Kier alpha value is -2.90. The molecule has 0 aliphatic rings. The minimum Gasteiger partial charge on any atom is -0.478 e. The van der Waals surface area contributed by atoms with Gasteiger partial charge in [-0.15, -0.1) is 5.10 Å². The molecule has 0 fully saturated rings. The lowest BCUT2D eigenvalue weighted by Crippen LogP contribution is -2.35. The van der Waals surface area contributed by atoms with Crippen LogP contribution in [0.3, 0.4) is 0 Å². The van der Waals surface area contributed by atoms with Crippen LogP contribution in [0.5, 0.6) is 0 Å². The molecule has 116 valence electrons. The SMILES string of the molecule is O=C(NCCCn1ccnn1)NCc1ccc(C(=O)O)cc1. The van der Waals surface area contributed by atoms with E-state index in [1.54, 1.807) is 29.2 Å². The number of aryl methyl sites for hydroxylation is 1. The molecule has 1 aromatic heterocycles. The number of benzene rings is 1. The number of aromatic carboxylic acids is 1. The van der Waals surface area contributed by atoms with E-state index in [1.165, 1.54) is 12.1 Å². The molecule has 1 heterocycles. The summed E-state index contributed by atoms with van der Waals surface area (Å²) >= 11 is 0. The van der Waals surface area contributed by atoms with Crippen LogP contribution in [0.2, 0.25) is 0 Å². The van der Waals surface area contributed by atoms with Crippen LogP contribution in [0.15, 0.2) is 36.7 Å². The quantitative estimate of drug-likeness (QED) is 0.657. The molecule has 0 atom stereocenters. The molecule has 2 aromatic rings. The zero-order valence-corrected chi connectivity index (χ0v) is 11.9. The van der Waals surface area contributed by atoms with E-state index >= 15 is 0 Å². The Morgan fingerprint density at radius 3 is 2.59 bits per heavy atom. The third-order valence-electron chi connectivity index (χ3n) is 2.98. The Balaban J connectivity index is 1.63. The highest BCUT2D eigenvalue weighted by molar-refractivity contribution is 5.87. The van der Waals surface area contributed by atoms with Crippen LogP contribution < -0.4 is 10.6 Å². The Labute approximate surface area is 127 Å². The van der Waals surface area contributed by atoms with Gasteiger partial charge in [0.25, 0.3) is 0 Å². The van der Waals surface area contributed by atoms with Gasteiger partial charge < -0.3 is 15.7 Å². The summed E-state index contributed by atoms with van der Waals surface area (Å²) in [5.41, 5.74) is 1.06. The number of carboxylic acids is 1. The number of hydrogen-bond donors (Lipinski definition) is 3. The van der Waals surface area contributed by atoms with Gasteiger partial charge in [0.15, 0.2) is 0 Å². The summed E-state index contributed by atoms with van der Waals surface area (Å²) in [6.07, 6.45) is 4.13. The molecule has 0 saturated carbocycles. The number of carbonyl (C=O) groups is 2. The standard InChI is InChI=1S/C14H17N5O3/c20-13(21)12-4-2-11(3-5-12)10-16-14(22)15-6-1-8-19-9-7-17-18-19/h2-5,7,9H,1,6,8,10H2,(H,20,21)(H2,15,16,22). The molecule has 0 radical (unpaired) electrons. The van der Waals surface area contributed by atoms with Crippen molar-refractivity contribution in [3.63, 3.8) is 0 Å². The summed E-state index contributed by atoms with van der Waals surface area (Å²) < 4.78 is 1.70. The number of carboxylic acid groups (broad SMARTS) is 1.